The van der Waals surface area contributed by atoms with Crippen LogP contribution in [-0.2, 0) is 9.59 Å². The molecule has 0 aliphatic rings. The highest BCUT2D eigenvalue weighted by molar-refractivity contribution is 6.37. The predicted octanol–water partition coefficient (Wildman–Crippen LogP) is 7.75. The Morgan fingerprint density at radius 3 is 2.18 bits per heavy atom. The lowest BCUT2D eigenvalue weighted by molar-refractivity contribution is -0.118. The lowest BCUT2D eigenvalue weighted by Gasteiger charge is -2.17. The fourth-order valence-corrected chi connectivity index (χ4v) is 4.77. The normalized spacial score (nSPS) is 11.8. The van der Waals surface area contributed by atoms with Gasteiger partial charge in [0.05, 0.1) is 21.3 Å². The maximum atomic E-state index is 13.0. The highest BCUT2D eigenvalue weighted by atomic mass is 35.5. The summed E-state index contributed by atoms with van der Waals surface area (Å²) in [4.78, 5) is 24.5. The Hall–Kier alpha value is -3.80. The second kappa shape index (κ2) is 11.7. The van der Waals surface area contributed by atoms with Gasteiger partial charge in [-0.2, -0.15) is 0 Å². The molecule has 1 amide bonds. The van der Waals surface area contributed by atoms with Crippen molar-refractivity contribution >= 4 is 57.0 Å². The van der Waals surface area contributed by atoms with E-state index in [2.05, 4.69) is 11.4 Å². The van der Waals surface area contributed by atoms with Crippen LogP contribution in [0.1, 0.15) is 26.3 Å². The van der Waals surface area contributed by atoms with Crippen LogP contribution in [0, 0.1) is 5.92 Å². The van der Waals surface area contributed by atoms with E-state index in [4.69, 9.17) is 33.7 Å². The molecule has 0 aliphatic heterocycles. The van der Waals surface area contributed by atoms with Crippen molar-refractivity contribution in [3.05, 3.63) is 100 Å². The van der Waals surface area contributed by atoms with Gasteiger partial charge in [0, 0.05) is 24.1 Å². The first-order chi connectivity index (χ1) is 18.1. The number of ether oxygens (including phenoxy) is 1. The highest BCUT2D eigenvalue weighted by Crippen LogP contribution is 2.32. The first kappa shape index (κ1) is 27.2. The first-order valence-electron chi connectivity index (χ1n) is 12.2. The number of benzene rings is 4. The fraction of sp³-hybridized carbons (Fsp3) is 0.161. The summed E-state index contributed by atoms with van der Waals surface area (Å²) in [6.45, 7) is 5.08. The Kier molecular flexibility index (Phi) is 8.40. The zero-order valence-electron chi connectivity index (χ0n) is 21.3. The third-order valence-electron chi connectivity index (χ3n) is 6.09. The van der Waals surface area contributed by atoms with Gasteiger partial charge in [-0.05, 0) is 64.4 Å². The summed E-state index contributed by atoms with van der Waals surface area (Å²) in [6, 6.07) is 24.6. The van der Waals surface area contributed by atoms with Gasteiger partial charge in [-0.3, -0.25) is 9.59 Å². The molecule has 0 spiro atoms. The van der Waals surface area contributed by atoms with E-state index in [1.54, 1.807) is 18.2 Å². The van der Waals surface area contributed by atoms with E-state index in [0.717, 1.165) is 27.6 Å². The Balaban J connectivity index is 1.61. The lowest BCUT2D eigenvalue weighted by atomic mass is 9.97. The minimum atomic E-state index is -0.285. The summed E-state index contributed by atoms with van der Waals surface area (Å²) in [5.41, 5.74) is 10.2. The topological polar surface area (TPSA) is 81.4 Å². The number of anilines is 1. The van der Waals surface area contributed by atoms with E-state index in [-0.39, 0.29) is 29.9 Å². The third kappa shape index (κ3) is 6.18. The Morgan fingerprint density at radius 1 is 0.868 bits per heavy atom. The number of ketones is 1. The van der Waals surface area contributed by atoms with Crippen LogP contribution < -0.4 is 15.8 Å². The van der Waals surface area contributed by atoms with Crippen LogP contribution in [0.5, 0.6) is 5.75 Å². The summed E-state index contributed by atoms with van der Waals surface area (Å²) in [5.74, 6) is 0.0704. The van der Waals surface area contributed by atoms with Crippen molar-refractivity contribution in [2.45, 2.75) is 20.8 Å². The molecule has 4 aromatic rings. The molecule has 0 bridgehead atoms. The smallest absolute Gasteiger partial charge is 0.221 e. The molecule has 4 aromatic carbocycles. The second-order valence-corrected chi connectivity index (χ2v) is 10.1. The molecule has 7 heteroatoms. The SMILES string of the molecule is CC(=O)Nc1cccc(-c2ccc3cc(OC/C(C(=O)C(C)C)=C(/N)c4c(Cl)cccc4Cl)ccc3c2)c1. The van der Waals surface area contributed by atoms with Crippen molar-refractivity contribution in [2.24, 2.45) is 11.7 Å². The molecule has 0 unspecified atom stereocenters. The monoisotopic (exact) mass is 546 g/mol. The standard InChI is InChI=1S/C31H28Cl2N2O3/c1-18(2)31(37)26(30(34)29-27(32)8-5-9-28(29)33)17-38-25-13-12-22-14-21(10-11-23(22)16-25)20-6-4-7-24(15-20)35-19(3)36/h4-16,18H,17,34H2,1-3H3,(H,35,36)/b30-26-. The van der Waals surface area contributed by atoms with Crippen molar-refractivity contribution in [3.8, 4) is 16.9 Å². The zero-order valence-corrected chi connectivity index (χ0v) is 22.9. The first-order valence-corrected chi connectivity index (χ1v) is 12.9. The Bertz CT molecular complexity index is 1540. The van der Waals surface area contributed by atoms with Crippen molar-refractivity contribution in [2.75, 3.05) is 11.9 Å². The highest BCUT2D eigenvalue weighted by Gasteiger charge is 2.21. The van der Waals surface area contributed by atoms with Crippen LogP contribution in [-0.4, -0.2) is 18.3 Å². The number of nitrogens with one attached hydrogen (secondary N) is 1. The van der Waals surface area contributed by atoms with Crippen LogP contribution >= 0.6 is 23.2 Å². The summed E-state index contributed by atoms with van der Waals surface area (Å²) in [6.07, 6.45) is 0. The van der Waals surface area contributed by atoms with E-state index in [1.165, 1.54) is 6.92 Å². The number of hydrogen-bond donors (Lipinski definition) is 2. The van der Waals surface area contributed by atoms with Crippen LogP contribution in [0.4, 0.5) is 5.69 Å². The van der Waals surface area contributed by atoms with E-state index in [9.17, 15) is 9.59 Å². The number of amides is 1. The number of fused-ring (bicyclic) bond motifs is 1. The average molecular weight is 547 g/mol. The molecular weight excluding hydrogens is 519 g/mol. The molecule has 0 radical (unpaired) electrons. The third-order valence-corrected chi connectivity index (χ3v) is 6.72. The maximum absolute atomic E-state index is 13.0. The molecule has 38 heavy (non-hydrogen) atoms. The van der Waals surface area contributed by atoms with Gasteiger partial charge in [-0.1, -0.05) is 73.4 Å². The van der Waals surface area contributed by atoms with Crippen LogP contribution in [0.15, 0.2) is 84.4 Å². The van der Waals surface area contributed by atoms with Gasteiger partial charge < -0.3 is 15.8 Å². The number of Topliss-reactive ketones (excluding diaryl/α,β-unsaturated/α-hetero) is 1. The molecule has 0 aliphatic carbocycles. The van der Waals surface area contributed by atoms with Crippen molar-refractivity contribution in [1.29, 1.82) is 0 Å². The Labute approximate surface area is 232 Å². The summed E-state index contributed by atoms with van der Waals surface area (Å²) >= 11 is 12.7. The van der Waals surface area contributed by atoms with Crippen molar-refractivity contribution in [1.82, 2.24) is 0 Å². The number of carbonyl (C=O) groups is 2. The Morgan fingerprint density at radius 2 is 1.50 bits per heavy atom. The second-order valence-electron chi connectivity index (χ2n) is 9.28. The minimum absolute atomic E-state index is 0.0239. The molecule has 0 fully saturated rings. The molecular formula is C31H28Cl2N2O3. The van der Waals surface area contributed by atoms with E-state index >= 15 is 0 Å². The summed E-state index contributed by atoms with van der Waals surface area (Å²) < 4.78 is 6.05. The summed E-state index contributed by atoms with van der Waals surface area (Å²) in [5, 5.41) is 5.56. The van der Waals surface area contributed by atoms with Crippen molar-refractivity contribution < 1.29 is 14.3 Å². The fourth-order valence-electron chi connectivity index (χ4n) is 4.16. The summed E-state index contributed by atoms with van der Waals surface area (Å²) in [7, 11) is 0. The minimum Gasteiger partial charge on any atom is -0.489 e. The van der Waals surface area contributed by atoms with E-state index in [1.807, 2.05) is 68.4 Å². The van der Waals surface area contributed by atoms with E-state index in [0.29, 0.717) is 26.9 Å². The maximum Gasteiger partial charge on any atom is 0.221 e. The molecule has 3 N–H and O–H groups in total. The predicted molar refractivity (Wildman–Crippen MR) is 157 cm³/mol. The van der Waals surface area contributed by atoms with Crippen LogP contribution in [0.25, 0.3) is 27.6 Å². The van der Waals surface area contributed by atoms with Gasteiger partial charge in [-0.25, -0.2) is 0 Å². The van der Waals surface area contributed by atoms with Gasteiger partial charge in [0.15, 0.2) is 5.78 Å². The van der Waals surface area contributed by atoms with Crippen LogP contribution in [0.3, 0.4) is 0 Å². The average Bonchev–Trinajstić information content (AvgIpc) is 2.88. The number of halogens is 2. The van der Waals surface area contributed by atoms with Crippen molar-refractivity contribution in [3.63, 3.8) is 0 Å². The molecule has 4 rings (SSSR count). The van der Waals surface area contributed by atoms with E-state index < -0.39 is 0 Å². The number of rotatable bonds is 8. The van der Waals surface area contributed by atoms with Gasteiger partial charge in [0.1, 0.15) is 12.4 Å². The van der Waals surface area contributed by atoms with Gasteiger partial charge in [0.2, 0.25) is 5.91 Å². The molecule has 0 heterocycles. The number of nitrogens with two attached hydrogens (primary N) is 1. The molecule has 194 valence electrons. The number of hydrogen-bond acceptors (Lipinski definition) is 4. The zero-order chi connectivity index (χ0) is 27.4. The number of carbonyl (C=O) groups excluding carboxylic acids is 2. The molecule has 0 atom stereocenters. The molecule has 5 nitrogen and oxygen atoms in total. The largest absolute Gasteiger partial charge is 0.489 e. The van der Waals surface area contributed by atoms with Gasteiger partial charge >= 0.3 is 0 Å². The molecule has 0 saturated carbocycles. The van der Waals surface area contributed by atoms with Gasteiger partial charge in [-0.15, -0.1) is 0 Å². The molecule has 0 aromatic heterocycles. The van der Waals surface area contributed by atoms with Gasteiger partial charge in [0.25, 0.3) is 0 Å². The molecule has 0 saturated heterocycles. The van der Waals surface area contributed by atoms with Crippen LogP contribution in [0.2, 0.25) is 10.0 Å². The lowest BCUT2D eigenvalue weighted by Crippen LogP contribution is -2.21. The quantitative estimate of drug-likeness (QED) is 0.221.